The first-order chi connectivity index (χ1) is 8.39. The molecule has 1 atom stereocenters. The zero-order chi connectivity index (χ0) is 14.0. The van der Waals surface area contributed by atoms with Crippen LogP contribution in [0.3, 0.4) is 0 Å². The quantitative estimate of drug-likeness (QED) is 0.562. The Morgan fingerprint density at radius 3 is 1.83 bits per heavy atom. The minimum absolute atomic E-state index is 0.102. The minimum atomic E-state index is -0.102. The molecule has 0 aromatic heterocycles. The van der Waals surface area contributed by atoms with Crippen LogP contribution in [0.15, 0.2) is 0 Å². The molecule has 0 saturated heterocycles. The topological polar surface area (TPSA) is 29.3 Å². The van der Waals surface area contributed by atoms with E-state index in [2.05, 4.69) is 39.6 Å². The maximum absolute atomic E-state index is 6.14. The molecule has 0 aromatic rings. The summed E-state index contributed by atoms with van der Waals surface area (Å²) in [5.41, 5.74) is 6.03. The van der Waals surface area contributed by atoms with Crippen LogP contribution in [-0.2, 0) is 0 Å². The lowest BCUT2D eigenvalue weighted by atomic mass is 9.96. The molecule has 110 valence electrons. The summed E-state index contributed by atoms with van der Waals surface area (Å²) in [5.74, 6) is 0. The number of unbranched alkanes of at least 4 members (excludes halogenated alkanes) is 7. The van der Waals surface area contributed by atoms with Crippen molar-refractivity contribution in [3.8, 4) is 0 Å². The first-order valence-electron chi connectivity index (χ1n) is 7.88. The number of hydrogen-bond donors (Lipinski definition) is 1. The maximum Gasteiger partial charge on any atom is 0.0252 e. The number of rotatable bonds is 11. The molecule has 0 rings (SSSR count). The van der Waals surface area contributed by atoms with E-state index in [1.165, 1.54) is 57.9 Å². The van der Waals surface area contributed by atoms with E-state index in [4.69, 9.17) is 5.73 Å². The minimum Gasteiger partial charge on any atom is -0.324 e. The maximum atomic E-state index is 6.14. The van der Waals surface area contributed by atoms with E-state index in [0.717, 1.165) is 0 Å². The molecule has 2 nitrogen and oxygen atoms in total. The number of nitrogens with zero attached hydrogens (tertiary/aromatic N) is 1. The monoisotopic (exact) mass is 256 g/mol. The summed E-state index contributed by atoms with van der Waals surface area (Å²) in [6.45, 7) is 9.90. The van der Waals surface area contributed by atoms with Gasteiger partial charge in [-0.25, -0.2) is 0 Å². The summed E-state index contributed by atoms with van der Waals surface area (Å²) in [5, 5.41) is 0. The average molecular weight is 256 g/mol. The van der Waals surface area contributed by atoms with E-state index >= 15 is 0 Å². The molecular formula is C16H36N2. The fourth-order valence-electron chi connectivity index (χ4n) is 2.26. The Kier molecular flexibility index (Phi) is 9.76. The van der Waals surface area contributed by atoms with Crippen molar-refractivity contribution in [1.29, 1.82) is 0 Å². The smallest absolute Gasteiger partial charge is 0.0252 e. The van der Waals surface area contributed by atoms with Crippen molar-refractivity contribution in [2.45, 2.75) is 90.6 Å². The number of nitrogens with two attached hydrogens (primary N) is 1. The molecule has 2 N–H and O–H groups in total. The van der Waals surface area contributed by atoms with Gasteiger partial charge in [-0.3, -0.25) is 0 Å². The highest BCUT2D eigenvalue weighted by molar-refractivity contribution is 4.85. The molecular weight excluding hydrogens is 220 g/mol. The first kappa shape index (κ1) is 17.9. The predicted octanol–water partition coefficient (Wildman–Crippen LogP) is 4.18. The van der Waals surface area contributed by atoms with Crippen LogP contribution in [0.4, 0.5) is 0 Å². The standard InChI is InChI=1S/C16H36N2/c1-6-7-8-9-10-11-12-13-14-18(5)15(2)16(3,4)17/h15H,6-14,17H2,1-5H3. The Morgan fingerprint density at radius 1 is 0.944 bits per heavy atom. The van der Waals surface area contributed by atoms with E-state index in [0.29, 0.717) is 6.04 Å². The Labute approximate surface area is 115 Å². The van der Waals surface area contributed by atoms with Gasteiger partial charge >= 0.3 is 0 Å². The van der Waals surface area contributed by atoms with Crippen LogP contribution < -0.4 is 5.73 Å². The van der Waals surface area contributed by atoms with Crippen LogP contribution in [-0.4, -0.2) is 30.1 Å². The average Bonchev–Trinajstić information content (AvgIpc) is 2.30. The van der Waals surface area contributed by atoms with Crippen LogP contribution >= 0.6 is 0 Å². The molecule has 0 radical (unpaired) electrons. The Hall–Kier alpha value is -0.0800. The highest BCUT2D eigenvalue weighted by Gasteiger charge is 2.23. The van der Waals surface area contributed by atoms with Crippen LogP contribution in [0.25, 0.3) is 0 Å². The Bertz CT molecular complexity index is 184. The highest BCUT2D eigenvalue weighted by Crippen LogP contribution is 2.13. The molecule has 0 saturated carbocycles. The van der Waals surface area contributed by atoms with Gasteiger partial charge < -0.3 is 10.6 Å². The van der Waals surface area contributed by atoms with Gasteiger partial charge in [0.25, 0.3) is 0 Å². The van der Waals surface area contributed by atoms with Crippen LogP contribution in [0.5, 0.6) is 0 Å². The van der Waals surface area contributed by atoms with Gasteiger partial charge in [-0.05, 0) is 40.8 Å². The summed E-state index contributed by atoms with van der Waals surface area (Å²) in [6.07, 6.45) is 11.1. The second-order valence-corrected chi connectivity index (χ2v) is 6.45. The van der Waals surface area contributed by atoms with E-state index in [9.17, 15) is 0 Å². The summed E-state index contributed by atoms with van der Waals surface area (Å²) >= 11 is 0. The SMILES string of the molecule is CCCCCCCCCCN(C)C(C)C(C)(C)N. The summed E-state index contributed by atoms with van der Waals surface area (Å²) in [6, 6.07) is 0.446. The largest absolute Gasteiger partial charge is 0.324 e. The first-order valence-corrected chi connectivity index (χ1v) is 7.88. The third-order valence-corrected chi connectivity index (χ3v) is 4.10. The molecule has 0 aliphatic rings. The molecule has 0 spiro atoms. The van der Waals surface area contributed by atoms with E-state index in [1.54, 1.807) is 0 Å². The van der Waals surface area contributed by atoms with Gasteiger partial charge in [0, 0.05) is 11.6 Å². The summed E-state index contributed by atoms with van der Waals surface area (Å²) < 4.78 is 0. The van der Waals surface area contributed by atoms with Gasteiger partial charge in [-0.15, -0.1) is 0 Å². The van der Waals surface area contributed by atoms with E-state index in [-0.39, 0.29) is 5.54 Å². The van der Waals surface area contributed by atoms with Crippen molar-refractivity contribution in [2.24, 2.45) is 5.73 Å². The summed E-state index contributed by atoms with van der Waals surface area (Å²) in [7, 11) is 2.19. The van der Waals surface area contributed by atoms with Crippen LogP contribution in [0.2, 0.25) is 0 Å². The van der Waals surface area contributed by atoms with Gasteiger partial charge in [0.15, 0.2) is 0 Å². The molecule has 0 fully saturated rings. The zero-order valence-electron chi connectivity index (χ0n) is 13.5. The Balaban J connectivity index is 3.43. The molecule has 0 heterocycles. The van der Waals surface area contributed by atoms with Gasteiger partial charge in [-0.1, -0.05) is 51.9 Å². The van der Waals surface area contributed by atoms with Gasteiger partial charge in [0.1, 0.15) is 0 Å². The molecule has 1 unspecified atom stereocenters. The van der Waals surface area contributed by atoms with Crippen molar-refractivity contribution in [1.82, 2.24) is 4.90 Å². The number of likely N-dealkylation sites (N-methyl/N-ethyl adjacent to an activating group) is 1. The molecule has 0 aromatic carbocycles. The van der Waals surface area contributed by atoms with E-state index < -0.39 is 0 Å². The van der Waals surface area contributed by atoms with Crippen molar-refractivity contribution >= 4 is 0 Å². The second-order valence-electron chi connectivity index (χ2n) is 6.45. The molecule has 0 aliphatic carbocycles. The molecule has 0 aliphatic heterocycles. The van der Waals surface area contributed by atoms with Crippen molar-refractivity contribution in [3.63, 3.8) is 0 Å². The van der Waals surface area contributed by atoms with Crippen molar-refractivity contribution < 1.29 is 0 Å². The molecule has 0 amide bonds. The Morgan fingerprint density at radius 2 is 1.39 bits per heavy atom. The molecule has 0 bridgehead atoms. The van der Waals surface area contributed by atoms with Crippen LogP contribution in [0.1, 0.15) is 79.1 Å². The molecule has 18 heavy (non-hydrogen) atoms. The lowest BCUT2D eigenvalue weighted by Crippen LogP contribution is -2.52. The van der Waals surface area contributed by atoms with E-state index in [1.807, 2.05) is 0 Å². The molecule has 2 heteroatoms. The van der Waals surface area contributed by atoms with Gasteiger partial charge in [0.05, 0.1) is 0 Å². The second kappa shape index (κ2) is 9.80. The van der Waals surface area contributed by atoms with Crippen LogP contribution in [0, 0.1) is 0 Å². The highest BCUT2D eigenvalue weighted by atomic mass is 15.1. The van der Waals surface area contributed by atoms with Gasteiger partial charge in [0.2, 0.25) is 0 Å². The fraction of sp³-hybridized carbons (Fsp3) is 1.00. The van der Waals surface area contributed by atoms with Gasteiger partial charge in [-0.2, -0.15) is 0 Å². The predicted molar refractivity (Wildman–Crippen MR) is 83.0 cm³/mol. The lowest BCUT2D eigenvalue weighted by Gasteiger charge is -2.35. The number of hydrogen-bond acceptors (Lipinski definition) is 2. The third-order valence-electron chi connectivity index (χ3n) is 4.10. The van der Waals surface area contributed by atoms with Crippen molar-refractivity contribution in [2.75, 3.05) is 13.6 Å². The lowest BCUT2D eigenvalue weighted by molar-refractivity contribution is 0.181. The van der Waals surface area contributed by atoms with Crippen molar-refractivity contribution in [3.05, 3.63) is 0 Å². The normalized spacial score (nSPS) is 14.2. The zero-order valence-corrected chi connectivity index (χ0v) is 13.5. The third kappa shape index (κ3) is 8.93. The summed E-state index contributed by atoms with van der Waals surface area (Å²) in [4.78, 5) is 2.40. The fourth-order valence-corrected chi connectivity index (χ4v) is 2.26.